The minimum atomic E-state index is -1.44. The van der Waals surface area contributed by atoms with Crippen LogP contribution in [0.15, 0.2) is 42.6 Å². The number of piperidine rings is 1. The van der Waals surface area contributed by atoms with Gasteiger partial charge in [0.05, 0.1) is 11.1 Å². The number of hydrogen-bond donors (Lipinski definition) is 2. The van der Waals surface area contributed by atoms with Gasteiger partial charge in [-0.15, -0.1) is 0 Å². The summed E-state index contributed by atoms with van der Waals surface area (Å²) in [6, 6.07) is 9.66. The van der Waals surface area contributed by atoms with Crippen LogP contribution < -0.4 is 10.6 Å². The van der Waals surface area contributed by atoms with Crippen molar-refractivity contribution in [2.75, 3.05) is 0 Å². The Morgan fingerprint density at radius 1 is 1.13 bits per heavy atom. The van der Waals surface area contributed by atoms with Gasteiger partial charge < -0.3 is 5.32 Å². The first kappa shape index (κ1) is 19.4. The smallest absolute Gasteiger partial charge is 0.270 e. The van der Waals surface area contributed by atoms with Crippen LogP contribution in [0.5, 0.6) is 0 Å². The van der Waals surface area contributed by atoms with Crippen LogP contribution in [0.2, 0.25) is 0 Å². The largest absolute Gasteiger partial charge is 0.347 e. The molecular weight excluding hydrogens is 388 g/mol. The second-order valence-electron chi connectivity index (χ2n) is 7.37. The molecule has 9 heteroatoms. The maximum absolute atomic E-state index is 13.0. The molecule has 0 radical (unpaired) electrons. The molecule has 0 bridgehead atoms. The minimum absolute atomic E-state index is 0.0421. The normalized spacial score (nSPS) is 20.8. The van der Waals surface area contributed by atoms with E-state index in [9.17, 15) is 24.0 Å². The zero-order chi connectivity index (χ0) is 21.5. The van der Waals surface area contributed by atoms with E-state index in [1.807, 2.05) is 0 Å². The van der Waals surface area contributed by atoms with E-state index in [0.29, 0.717) is 5.56 Å². The summed E-state index contributed by atoms with van der Waals surface area (Å²) in [5.74, 6) is -2.64. The number of nitrogens with zero attached hydrogens (tertiary/aromatic N) is 2. The van der Waals surface area contributed by atoms with Gasteiger partial charge >= 0.3 is 0 Å². The highest BCUT2D eigenvalue weighted by molar-refractivity contribution is 6.24. The molecule has 4 rings (SSSR count). The Morgan fingerprint density at radius 3 is 2.60 bits per heavy atom. The molecule has 1 fully saturated rings. The Balaban J connectivity index is 1.54. The average molecular weight is 406 g/mol. The highest BCUT2D eigenvalue weighted by atomic mass is 16.2. The van der Waals surface area contributed by atoms with Crippen molar-refractivity contribution in [3.05, 3.63) is 65.0 Å². The van der Waals surface area contributed by atoms with E-state index in [-0.39, 0.29) is 42.1 Å². The van der Waals surface area contributed by atoms with Gasteiger partial charge in [0.1, 0.15) is 11.2 Å². The summed E-state index contributed by atoms with van der Waals surface area (Å²) in [5, 5.41) is 4.91. The second-order valence-corrected chi connectivity index (χ2v) is 7.37. The van der Waals surface area contributed by atoms with Crippen LogP contribution >= 0.6 is 0 Å². The summed E-state index contributed by atoms with van der Waals surface area (Å²) in [6.07, 6.45) is 1.62. The molecule has 1 atom stereocenters. The van der Waals surface area contributed by atoms with Gasteiger partial charge in [0, 0.05) is 19.2 Å². The van der Waals surface area contributed by atoms with Gasteiger partial charge in [0.15, 0.2) is 0 Å². The highest BCUT2D eigenvalue weighted by Crippen LogP contribution is 2.34. The average Bonchev–Trinajstić information content (AvgIpc) is 3.00. The fourth-order valence-corrected chi connectivity index (χ4v) is 3.62. The van der Waals surface area contributed by atoms with Crippen LogP contribution in [0.1, 0.15) is 56.5 Å². The number of fused-ring (bicyclic) bond motifs is 1. The van der Waals surface area contributed by atoms with Crippen LogP contribution in [0.3, 0.4) is 0 Å². The predicted octanol–water partition coefficient (Wildman–Crippen LogP) is 0.803. The number of benzene rings is 1. The van der Waals surface area contributed by atoms with Gasteiger partial charge in [-0.1, -0.05) is 12.1 Å². The lowest BCUT2D eigenvalue weighted by molar-refractivity contribution is -0.140. The molecule has 30 heavy (non-hydrogen) atoms. The molecule has 152 valence electrons. The predicted molar refractivity (Wildman–Crippen MR) is 103 cm³/mol. The molecule has 1 aromatic carbocycles. The maximum Gasteiger partial charge on any atom is 0.270 e. The third-order valence-electron chi connectivity index (χ3n) is 5.38. The summed E-state index contributed by atoms with van der Waals surface area (Å²) in [6.45, 7) is 1.61. The van der Waals surface area contributed by atoms with Crippen LogP contribution in [0.25, 0.3) is 0 Å². The van der Waals surface area contributed by atoms with Crippen molar-refractivity contribution >= 4 is 29.5 Å². The van der Waals surface area contributed by atoms with Crippen molar-refractivity contribution in [1.29, 1.82) is 0 Å². The number of imide groups is 2. The SMILES string of the molecule is CC1(N2C(=O)c3ccc(CNC(=O)c4ccccn4)cc3C2=O)CCC(=O)NC1=O. The number of aromatic nitrogens is 1. The topological polar surface area (TPSA) is 126 Å². The van der Waals surface area contributed by atoms with Gasteiger partial charge in [-0.3, -0.25) is 39.2 Å². The lowest BCUT2D eigenvalue weighted by Crippen LogP contribution is -2.62. The zero-order valence-corrected chi connectivity index (χ0v) is 16.1. The number of carbonyl (C=O) groups is 5. The lowest BCUT2D eigenvalue weighted by atomic mass is 9.89. The summed E-state index contributed by atoms with van der Waals surface area (Å²) < 4.78 is 0. The third-order valence-corrected chi connectivity index (χ3v) is 5.38. The molecule has 2 aliphatic rings. The summed E-state index contributed by atoms with van der Waals surface area (Å²) in [7, 11) is 0. The van der Waals surface area contributed by atoms with Gasteiger partial charge in [0.2, 0.25) is 5.91 Å². The van der Waals surface area contributed by atoms with Crippen LogP contribution in [-0.2, 0) is 16.1 Å². The number of hydrogen-bond acceptors (Lipinski definition) is 6. The van der Waals surface area contributed by atoms with E-state index in [2.05, 4.69) is 15.6 Å². The molecule has 0 aliphatic carbocycles. The fourth-order valence-electron chi connectivity index (χ4n) is 3.62. The molecule has 2 aromatic rings. The van der Waals surface area contributed by atoms with Gasteiger partial charge in [-0.2, -0.15) is 0 Å². The molecule has 3 heterocycles. The van der Waals surface area contributed by atoms with Crippen molar-refractivity contribution in [1.82, 2.24) is 20.5 Å². The fraction of sp³-hybridized carbons (Fsp3) is 0.238. The molecule has 1 saturated heterocycles. The molecule has 2 aliphatic heterocycles. The van der Waals surface area contributed by atoms with Crippen LogP contribution in [0.4, 0.5) is 0 Å². The first-order chi connectivity index (χ1) is 14.3. The first-order valence-corrected chi connectivity index (χ1v) is 9.36. The lowest BCUT2D eigenvalue weighted by Gasteiger charge is -2.38. The van der Waals surface area contributed by atoms with Crippen molar-refractivity contribution < 1.29 is 24.0 Å². The molecule has 2 N–H and O–H groups in total. The Morgan fingerprint density at radius 2 is 1.90 bits per heavy atom. The van der Waals surface area contributed by atoms with E-state index in [0.717, 1.165) is 4.90 Å². The number of pyridine rings is 1. The molecule has 1 unspecified atom stereocenters. The van der Waals surface area contributed by atoms with E-state index in [1.165, 1.54) is 25.3 Å². The van der Waals surface area contributed by atoms with Crippen molar-refractivity contribution in [3.63, 3.8) is 0 Å². The van der Waals surface area contributed by atoms with Gasteiger partial charge in [-0.05, 0) is 43.2 Å². The zero-order valence-electron chi connectivity index (χ0n) is 16.1. The third kappa shape index (κ3) is 3.14. The van der Waals surface area contributed by atoms with E-state index < -0.39 is 29.2 Å². The Bertz CT molecular complexity index is 1100. The molecular formula is C21H18N4O5. The van der Waals surface area contributed by atoms with Crippen LogP contribution in [-0.4, -0.2) is 45.0 Å². The van der Waals surface area contributed by atoms with Crippen LogP contribution in [0, 0.1) is 0 Å². The van der Waals surface area contributed by atoms with E-state index >= 15 is 0 Å². The van der Waals surface area contributed by atoms with Crippen molar-refractivity contribution in [3.8, 4) is 0 Å². The number of rotatable bonds is 4. The summed E-state index contributed by atoms with van der Waals surface area (Å²) in [4.78, 5) is 66.8. The minimum Gasteiger partial charge on any atom is -0.347 e. The van der Waals surface area contributed by atoms with E-state index in [4.69, 9.17) is 0 Å². The molecule has 9 nitrogen and oxygen atoms in total. The molecule has 5 amide bonds. The van der Waals surface area contributed by atoms with Crippen molar-refractivity contribution in [2.24, 2.45) is 0 Å². The highest BCUT2D eigenvalue weighted by Gasteiger charge is 2.52. The first-order valence-electron chi connectivity index (χ1n) is 9.36. The molecule has 0 spiro atoms. The summed E-state index contributed by atoms with van der Waals surface area (Å²) in [5.41, 5.74) is -0.202. The van der Waals surface area contributed by atoms with Gasteiger partial charge in [-0.25, -0.2) is 0 Å². The molecule has 0 saturated carbocycles. The second kappa shape index (κ2) is 7.18. The monoisotopic (exact) mass is 406 g/mol. The Labute approximate surface area is 171 Å². The van der Waals surface area contributed by atoms with Crippen molar-refractivity contribution in [2.45, 2.75) is 31.8 Å². The van der Waals surface area contributed by atoms with Gasteiger partial charge in [0.25, 0.3) is 23.6 Å². The number of carbonyl (C=O) groups excluding carboxylic acids is 5. The summed E-state index contributed by atoms with van der Waals surface area (Å²) >= 11 is 0. The number of amides is 5. The molecule has 1 aromatic heterocycles. The Kier molecular flexibility index (Phi) is 4.65. The van der Waals surface area contributed by atoms with E-state index in [1.54, 1.807) is 24.3 Å². The maximum atomic E-state index is 13.0. The number of nitrogens with one attached hydrogen (secondary N) is 2. The quantitative estimate of drug-likeness (QED) is 0.724. The standard InChI is InChI=1S/C21H18N4O5/c1-21(8-7-16(26)24-20(21)30)25-18(28)13-6-5-12(10-14(13)19(25)29)11-23-17(27)15-4-2-3-9-22-15/h2-6,9-10H,7-8,11H2,1H3,(H,23,27)(H,24,26,30). The Hall–Kier alpha value is -3.88.